The second-order valence-corrected chi connectivity index (χ2v) is 7.24. The molecule has 0 aromatic heterocycles. The third kappa shape index (κ3) is 9.27. The topological polar surface area (TPSA) is 84.3 Å². The third-order valence-corrected chi connectivity index (χ3v) is 4.47. The molecule has 31 heavy (non-hydrogen) atoms. The zero-order valence-electron chi connectivity index (χ0n) is 18.8. The Morgan fingerprint density at radius 3 is 2.58 bits per heavy atom. The van der Waals surface area contributed by atoms with Crippen molar-refractivity contribution in [3.8, 4) is 11.5 Å². The number of nitrogens with one attached hydrogen (secondary N) is 2. The van der Waals surface area contributed by atoms with Gasteiger partial charge in [0.1, 0.15) is 6.61 Å². The third-order valence-electron chi connectivity index (χ3n) is 4.47. The van der Waals surface area contributed by atoms with Crippen LogP contribution < -0.4 is 20.1 Å². The summed E-state index contributed by atoms with van der Waals surface area (Å²) in [5, 5.41) is 15.6. The van der Waals surface area contributed by atoms with Crippen molar-refractivity contribution in [2.75, 3.05) is 40.0 Å². The van der Waals surface area contributed by atoms with Crippen LogP contribution in [0.15, 0.2) is 53.5 Å². The van der Waals surface area contributed by atoms with Gasteiger partial charge in [-0.2, -0.15) is 0 Å². The molecule has 0 fully saturated rings. The highest BCUT2D eigenvalue weighted by atomic mass is 16.5. The van der Waals surface area contributed by atoms with Gasteiger partial charge in [-0.3, -0.25) is 0 Å². The molecule has 7 heteroatoms. The first-order valence-electron chi connectivity index (χ1n) is 10.7. The molecule has 170 valence electrons. The molecule has 0 spiro atoms. The van der Waals surface area contributed by atoms with Gasteiger partial charge in [0.15, 0.2) is 17.5 Å². The van der Waals surface area contributed by atoms with Gasteiger partial charge < -0.3 is 30.0 Å². The van der Waals surface area contributed by atoms with Crippen molar-refractivity contribution in [2.45, 2.75) is 27.0 Å². The highest BCUT2D eigenvalue weighted by molar-refractivity contribution is 5.79. The number of guanidine groups is 1. The molecule has 2 rings (SSSR count). The second-order valence-electron chi connectivity index (χ2n) is 7.24. The number of methoxy groups -OCH3 is 1. The first kappa shape index (κ1) is 24.5. The van der Waals surface area contributed by atoms with Gasteiger partial charge in [-0.05, 0) is 36.1 Å². The summed E-state index contributed by atoms with van der Waals surface area (Å²) in [4.78, 5) is 4.67. The van der Waals surface area contributed by atoms with Crippen molar-refractivity contribution in [1.29, 1.82) is 0 Å². The van der Waals surface area contributed by atoms with E-state index in [-0.39, 0.29) is 13.2 Å². The van der Waals surface area contributed by atoms with Gasteiger partial charge in [0.05, 0.1) is 33.5 Å². The van der Waals surface area contributed by atoms with E-state index in [4.69, 9.17) is 19.3 Å². The number of aliphatic imine (C=N–C) groups is 1. The summed E-state index contributed by atoms with van der Waals surface area (Å²) in [6.07, 6.45) is 0. The lowest BCUT2D eigenvalue weighted by Gasteiger charge is -2.16. The zero-order chi connectivity index (χ0) is 22.3. The summed E-state index contributed by atoms with van der Waals surface area (Å²) in [5.74, 6) is 2.34. The van der Waals surface area contributed by atoms with Crippen LogP contribution >= 0.6 is 0 Å². The maximum absolute atomic E-state index is 8.93. The minimum atomic E-state index is -0.0391. The van der Waals surface area contributed by atoms with Crippen molar-refractivity contribution in [1.82, 2.24) is 10.6 Å². The van der Waals surface area contributed by atoms with Crippen LogP contribution in [0.2, 0.25) is 0 Å². The standard InChI is InChI=1S/C24H35N3O4/c1-4-25-24(26-15-19(2)17-30-18-20-8-6-5-7-9-20)27-16-21-10-11-22(31-13-12-28)23(14-21)29-3/h5-11,14,19,28H,4,12-13,15-18H2,1-3H3,(H2,25,26,27). The Kier molecular flexibility index (Phi) is 11.3. The Hall–Kier alpha value is -2.77. The normalized spacial score (nSPS) is 12.3. The fraction of sp³-hybridized carbons (Fsp3) is 0.458. The van der Waals surface area contributed by atoms with Crippen LogP contribution in [0.5, 0.6) is 11.5 Å². The first-order valence-corrected chi connectivity index (χ1v) is 10.7. The van der Waals surface area contributed by atoms with Crippen LogP contribution in [-0.2, 0) is 17.9 Å². The molecule has 0 radical (unpaired) electrons. The highest BCUT2D eigenvalue weighted by Gasteiger charge is 2.07. The summed E-state index contributed by atoms with van der Waals surface area (Å²) < 4.78 is 16.7. The Balaban J connectivity index is 1.83. The lowest BCUT2D eigenvalue weighted by Crippen LogP contribution is -2.40. The van der Waals surface area contributed by atoms with Crippen LogP contribution in [-0.4, -0.2) is 51.1 Å². The summed E-state index contributed by atoms with van der Waals surface area (Å²) in [5.41, 5.74) is 2.19. The van der Waals surface area contributed by atoms with E-state index in [1.807, 2.05) is 43.3 Å². The Morgan fingerprint density at radius 2 is 1.87 bits per heavy atom. The molecular weight excluding hydrogens is 394 g/mol. The van der Waals surface area contributed by atoms with Gasteiger partial charge in [0, 0.05) is 13.1 Å². The van der Waals surface area contributed by atoms with Crippen molar-refractivity contribution in [3.05, 3.63) is 59.7 Å². The number of hydrogen-bond donors (Lipinski definition) is 3. The lowest BCUT2D eigenvalue weighted by atomic mass is 10.2. The second kappa shape index (κ2) is 14.3. The molecular formula is C24H35N3O4. The fourth-order valence-corrected chi connectivity index (χ4v) is 2.88. The first-order chi connectivity index (χ1) is 15.2. The molecule has 0 saturated carbocycles. The van der Waals surface area contributed by atoms with E-state index in [1.165, 1.54) is 5.56 Å². The van der Waals surface area contributed by atoms with E-state index < -0.39 is 0 Å². The van der Waals surface area contributed by atoms with Crippen LogP contribution in [0.4, 0.5) is 0 Å². The number of aliphatic hydroxyl groups is 1. The summed E-state index contributed by atoms with van der Waals surface area (Å²) in [6.45, 7) is 7.73. The van der Waals surface area contributed by atoms with Crippen molar-refractivity contribution in [3.63, 3.8) is 0 Å². The molecule has 1 atom stereocenters. The van der Waals surface area contributed by atoms with Crippen molar-refractivity contribution < 1.29 is 19.3 Å². The quantitative estimate of drug-likeness (QED) is 0.335. The molecule has 0 aliphatic heterocycles. The maximum atomic E-state index is 8.93. The molecule has 0 bridgehead atoms. The van der Waals surface area contributed by atoms with Gasteiger partial charge >= 0.3 is 0 Å². The number of ether oxygens (including phenoxy) is 3. The molecule has 0 aliphatic rings. The number of aliphatic hydroxyl groups excluding tert-OH is 1. The monoisotopic (exact) mass is 429 g/mol. The van der Waals surface area contributed by atoms with Crippen LogP contribution in [0, 0.1) is 5.92 Å². The number of nitrogens with zero attached hydrogens (tertiary/aromatic N) is 1. The Labute approximate surface area is 185 Å². The molecule has 3 N–H and O–H groups in total. The van der Waals surface area contributed by atoms with Crippen molar-refractivity contribution >= 4 is 5.96 Å². The van der Waals surface area contributed by atoms with E-state index in [1.54, 1.807) is 7.11 Å². The summed E-state index contributed by atoms with van der Waals surface area (Å²) >= 11 is 0. The maximum Gasteiger partial charge on any atom is 0.191 e. The molecule has 0 amide bonds. The van der Waals surface area contributed by atoms with E-state index >= 15 is 0 Å². The van der Waals surface area contributed by atoms with Crippen LogP contribution in [0.25, 0.3) is 0 Å². The molecule has 2 aromatic rings. The minimum absolute atomic E-state index is 0.0391. The fourth-order valence-electron chi connectivity index (χ4n) is 2.88. The summed E-state index contributed by atoms with van der Waals surface area (Å²) in [7, 11) is 1.60. The average molecular weight is 430 g/mol. The molecule has 0 heterocycles. The SMILES string of the molecule is CCNC(=NCc1ccc(OCCO)c(OC)c1)NCC(C)COCc1ccccc1. The number of hydrogen-bond acceptors (Lipinski definition) is 5. The predicted octanol–water partition coefficient (Wildman–Crippen LogP) is 2.97. The van der Waals surface area contributed by atoms with E-state index in [2.05, 4.69) is 34.7 Å². The highest BCUT2D eigenvalue weighted by Crippen LogP contribution is 2.28. The molecule has 1 unspecified atom stereocenters. The van der Waals surface area contributed by atoms with Crippen LogP contribution in [0.3, 0.4) is 0 Å². The zero-order valence-corrected chi connectivity index (χ0v) is 18.8. The van der Waals surface area contributed by atoms with E-state index in [9.17, 15) is 0 Å². The predicted molar refractivity (Wildman–Crippen MR) is 124 cm³/mol. The molecule has 0 saturated heterocycles. The average Bonchev–Trinajstić information content (AvgIpc) is 2.80. The molecule has 2 aromatic carbocycles. The number of rotatable bonds is 13. The minimum Gasteiger partial charge on any atom is -0.493 e. The van der Waals surface area contributed by atoms with E-state index in [0.717, 1.165) is 24.6 Å². The molecule has 0 aliphatic carbocycles. The summed E-state index contributed by atoms with van der Waals surface area (Å²) in [6, 6.07) is 15.9. The van der Waals surface area contributed by atoms with Gasteiger partial charge in [-0.15, -0.1) is 0 Å². The largest absolute Gasteiger partial charge is 0.493 e. The van der Waals surface area contributed by atoms with Gasteiger partial charge in [-0.25, -0.2) is 4.99 Å². The van der Waals surface area contributed by atoms with Gasteiger partial charge in [-0.1, -0.05) is 43.3 Å². The Bertz CT molecular complexity index is 784. The van der Waals surface area contributed by atoms with Gasteiger partial charge in [0.2, 0.25) is 0 Å². The number of benzene rings is 2. The van der Waals surface area contributed by atoms with E-state index in [0.29, 0.717) is 37.2 Å². The van der Waals surface area contributed by atoms with Crippen LogP contribution in [0.1, 0.15) is 25.0 Å². The van der Waals surface area contributed by atoms with Gasteiger partial charge in [0.25, 0.3) is 0 Å². The molecule has 7 nitrogen and oxygen atoms in total. The Morgan fingerprint density at radius 1 is 1.06 bits per heavy atom. The van der Waals surface area contributed by atoms with Crippen molar-refractivity contribution in [2.24, 2.45) is 10.9 Å². The lowest BCUT2D eigenvalue weighted by molar-refractivity contribution is 0.0931. The smallest absolute Gasteiger partial charge is 0.191 e.